The van der Waals surface area contributed by atoms with Gasteiger partial charge in [0.25, 0.3) is 0 Å². The number of hydroxylamine groups is 2. The van der Waals surface area contributed by atoms with Gasteiger partial charge in [-0.25, -0.2) is 9.86 Å². The second kappa shape index (κ2) is 14.4. The van der Waals surface area contributed by atoms with Crippen molar-refractivity contribution in [2.24, 2.45) is 17.2 Å². The van der Waals surface area contributed by atoms with E-state index in [1.807, 2.05) is 6.08 Å². The normalized spacial score (nSPS) is 40.9. The zero-order valence-electron chi connectivity index (χ0n) is 24.1. The van der Waals surface area contributed by atoms with Gasteiger partial charge in [-0.3, -0.25) is 5.21 Å². The number of urea groups is 1. The van der Waals surface area contributed by atoms with Crippen LogP contribution in [0.1, 0.15) is 19.8 Å². The molecule has 1 saturated carbocycles. The number of hydrogen-bond donors (Lipinski definition) is 11. The maximum absolute atomic E-state index is 12.7. The number of nitrogens with one attached hydrogen (secondary N) is 4. The molecule has 14 N–H and O–H groups in total. The molecule has 3 heterocycles. The van der Waals surface area contributed by atoms with E-state index in [0.29, 0.717) is 17.2 Å². The number of rotatable bonds is 11. The van der Waals surface area contributed by atoms with Gasteiger partial charge in [0, 0.05) is 31.7 Å². The SMILES string of the molecule is CN[C@@H]1[C@@H](O)[C@@H](O[C@H]2[C@H](NC(=O)N(O)CCN)C[C@H](N)C(O[C@H]3OC(CN)=CC[C@H]3NC3CNC3)[C@@H]2O)OC[C@]1(C)O. The van der Waals surface area contributed by atoms with E-state index in [2.05, 4.69) is 21.3 Å². The van der Waals surface area contributed by atoms with E-state index in [4.69, 9.17) is 36.1 Å². The van der Waals surface area contributed by atoms with Crippen molar-refractivity contribution in [2.75, 3.05) is 46.4 Å². The Hall–Kier alpha value is -1.71. The molecule has 0 spiro atoms. The largest absolute Gasteiger partial charge is 0.467 e. The van der Waals surface area contributed by atoms with Crippen molar-refractivity contribution in [3.05, 3.63) is 11.8 Å². The zero-order valence-corrected chi connectivity index (χ0v) is 24.1. The minimum absolute atomic E-state index is 0.0206. The Balaban J connectivity index is 1.54. The minimum atomic E-state index is -1.44. The standard InChI is InChI=1S/C25H48N8O9/c1-25(37)11-39-23(18(35)21(25)29-2)42-20-16(32-24(36)33(38)6-5-26)7-14(28)19(17(20)34)41-22-15(31-12-9-30-10-12)4-3-13(8-27)40-22/h3,12,14-23,29-31,34-35,37-38H,4-11,26-28H2,1-2H3,(H,32,36)/t14-,15+,16+,17-,18+,19?,20-,21+,22+,23+,25-/m0/s1. The summed E-state index contributed by atoms with van der Waals surface area (Å²) in [6, 6.07) is -3.42. The third-order valence-electron chi connectivity index (χ3n) is 8.25. The predicted molar refractivity (Wildman–Crippen MR) is 148 cm³/mol. The summed E-state index contributed by atoms with van der Waals surface area (Å²) >= 11 is 0. The van der Waals surface area contributed by atoms with Crippen molar-refractivity contribution >= 4 is 6.03 Å². The van der Waals surface area contributed by atoms with Gasteiger partial charge in [-0.2, -0.15) is 0 Å². The molecule has 17 heteroatoms. The van der Waals surface area contributed by atoms with Gasteiger partial charge in [0.15, 0.2) is 6.29 Å². The third-order valence-corrected chi connectivity index (χ3v) is 8.25. The Morgan fingerprint density at radius 2 is 1.90 bits per heavy atom. The summed E-state index contributed by atoms with van der Waals surface area (Å²) in [5.41, 5.74) is 16.4. The van der Waals surface area contributed by atoms with E-state index >= 15 is 0 Å². The molecule has 2 amide bonds. The van der Waals surface area contributed by atoms with E-state index in [9.17, 15) is 25.3 Å². The van der Waals surface area contributed by atoms with Crippen LogP contribution >= 0.6 is 0 Å². The van der Waals surface area contributed by atoms with Crippen LogP contribution in [0.25, 0.3) is 0 Å². The van der Waals surface area contributed by atoms with Crippen molar-refractivity contribution in [2.45, 2.75) is 92.6 Å². The molecule has 3 fully saturated rings. The molecular formula is C25H48N8O9. The first kappa shape index (κ1) is 33.2. The molecule has 2 saturated heterocycles. The van der Waals surface area contributed by atoms with Gasteiger partial charge in [0.2, 0.25) is 6.29 Å². The highest BCUT2D eigenvalue weighted by molar-refractivity contribution is 5.73. The topological polar surface area (TPSA) is 264 Å². The summed E-state index contributed by atoms with van der Waals surface area (Å²) in [7, 11) is 1.58. The number of nitrogens with zero attached hydrogens (tertiary/aromatic N) is 1. The molecule has 3 aliphatic heterocycles. The molecule has 11 atom stereocenters. The first-order chi connectivity index (χ1) is 20.0. The van der Waals surface area contributed by atoms with Gasteiger partial charge in [-0.05, 0) is 32.9 Å². The maximum Gasteiger partial charge on any atom is 0.341 e. The molecule has 4 rings (SSSR count). The predicted octanol–water partition coefficient (Wildman–Crippen LogP) is -4.85. The highest BCUT2D eigenvalue weighted by atomic mass is 16.7. The number of carbonyl (C=O) groups excluding carboxylic acids is 1. The molecule has 4 aliphatic rings. The van der Waals surface area contributed by atoms with Crippen molar-refractivity contribution in [1.29, 1.82) is 0 Å². The van der Waals surface area contributed by atoms with E-state index in [1.165, 1.54) is 6.92 Å². The number of likely N-dealkylation sites (N-methyl/N-ethyl adjacent to an activating group) is 1. The van der Waals surface area contributed by atoms with Crippen LogP contribution in [0.4, 0.5) is 4.79 Å². The molecule has 0 aromatic heterocycles. The Morgan fingerprint density at radius 1 is 1.19 bits per heavy atom. The molecule has 0 bridgehead atoms. The van der Waals surface area contributed by atoms with E-state index in [-0.39, 0.29) is 44.7 Å². The quantitative estimate of drug-likeness (QED) is 0.0780. The van der Waals surface area contributed by atoms with Crippen molar-refractivity contribution in [3.8, 4) is 0 Å². The average Bonchev–Trinajstić information content (AvgIpc) is 2.92. The number of ether oxygens (including phenoxy) is 4. The smallest absolute Gasteiger partial charge is 0.341 e. The highest BCUT2D eigenvalue weighted by Crippen LogP contribution is 2.32. The monoisotopic (exact) mass is 604 g/mol. The van der Waals surface area contributed by atoms with Crippen LogP contribution in [-0.4, -0.2) is 151 Å². The van der Waals surface area contributed by atoms with Gasteiger partial charge in [0.1, 0.15) is 35.8 Å². The van der Waals surface area contributed by atoms with Crippen molar-refractivity contribution in [1.82, 2.24) is 26.3 Å². The van der Waals surface area contributed by atoms with Gasteiger partial charge in [-0.15, -0.1) is 0 Å². The number of carbonyl (C=O) groups is 1. The Morgan fingerprint density at radius 3 is 2.52 bits per heavy atom. The summed E-state index contributed by atoms with van der Waals surface area (Å²) in [6.07, 6.45) is -4.56. The van der Waals surface area contributed by atoms with Crippen LogP contribution in [0.3, 0.4) is 0 Å². The summed E-state index contributed by atoms with van der Waals surface area (Å²) in [6.45, 7) is 3.01. The van der Waals surface area contributed by atoms with E-state index < -0.39 is 66.8 Å². The fourth-order valence-electron chi connectivity index (χ4n) is 5.83. The van der Waals surface area contributed by atoms with Crippen LogP contribution in [0.15, 0.2) is 11.8 Å². The second-order valence-electron chi connectivity index (χ2n) is 11.6. The second-order valence-corrected chi connectivity index (χ2v) is 11.6. The summed E-state index contributed by atoms with van der Waals surface area (Å²) in [4.78, 5) is 12.7. The minimum Gasteiger partial charge on any atom is -0.467 e. The lowest BCUT2D eigenvalue weighted by Crippen LogP contribution is -2.70. The fourth-order valence-corrected chi connectivity index (χ4v) is 5.83. The van der Waals surface area contributed by atoms with Gasteiger partial charge >= 0.3 is 6.03 Å². The lowest BCUT2D eigenvalue weighted by atomic mass is 9.83. The first-order valence-electron chi connectivity index (χ1n) is 14.4. The molecule has 17 nitrogen and oxygen atoms in total. The maximum atomic E-state index is 12.7. The molecule has 1 aliphatic carbocycles. The molecule has 0 radical (unpaired) electrons. The van der Waals surface area contributed by atoms with Gasteiger partial charge < -0.3 is 72.7 Å². The number of aliphatic hydroxyl groups is 3. The van der Waals surface area contributed by atoms with Crippen molar-refractivity contribution < 1.29 is 44.3 Å². The summed E-state index contributed by atoms with van der Waals surface area (Å²) in [5.74, 6) is 0.549. The Bertz CT molecular complexity index is 928. The Labute approximate surface area is 245 Å². The lowest BCUT2D eigenvalue weighted by molar-refractivity contribution is -0.304. The van der Waals surface area contributed by atoms with E-state index in [1.54, 1.807) is 7.05 Å². The molecule has 42 heavy (non-hydrogen) atoms. The summed E-state index contributed by atoms with van der Waals surface area (Å²) in [5, 5.41) is 55.9. The number of aliphatic hydroxyl groups excluding tert-OH is 2. The van der Waals surface area contributed by atoms with Crippen LogP contribution in [0, 0.1) is 0 Å². The van der Waals surface area contributed by atoms with Gasteiger partial charge in [-0.1, -0.05) is 0 Å². The molecule has 0 aromatic carbocycles. The third kappa shape index (κ3) is 7.49. The lowest BCUT2D eigenvalue weighted by Gasteiger charge is -2.49. The fraction of sp³-hybridized carbons (Fsp3) is 0.880. The Kier molecular flexibility index (Phi) is 11.4. The zero-order chi connectivity index (χ0) is 30.6. The highest BCUT2D eigenvalue weighted by Gasteiger charge is 2.52. The first-order valence-corrected chi connectivity index (χ1v) is 14.4. The van der Waals surface area contributed by atoms with Crippen LogP contribution in [0.2, 0.25) is 0 Å². The molecule has 0 aromatic rings. The van der Waals surface area contributed by atoms with Gasteiger partial charge in [0.05, 0.1) is 37.8 Å². The average molecular weight is 605 g/mol. The van der Waals surface area contributed by atoms with Crippen LogP contribution in [-0.2, 0) is 18.9 Å². The summed E-state index contributed by atoms with van der Waals surface area (Å²) < 4.78 is 24.1. The van der Waals surface area contributed by atoms with Crippen LogP contribution < -0.4 is 38.5 Å². The molecular weight excluding hydrogens is 556 g/mol. The molecule has 242 valence electrons. The number of hydrogen-bond acceptors (Lipinski definition) is 15. The number of amides is 2. The van der Waals surface area contributed by atoms with Crippen molar-refractivity contribution in [3.63, 3.8) is 0 Å². The number of nitrogens with two attached hydrogens (primary N) is 3. The van der Waals surface area contributed by atoms with Crippen LogP contribution in [0.5, 0.6) is 0 Å². The van der Waals surface area contributed by atoms with E-state index in [0.717, 1.165) is 13.1 Å². The molecule has 1 unspecified atom stereocenters.